The van der Waals surface area contributed by atoms with Crippen LogP contribution in [-0.4, -0.2) is 17.7 Å². The summed E-state index contributed by atoms with van der Waals surface area (Å²) in [6.45, 7) is -0.0185. The summed E-state index contributed by atoms with van der Waals surface area (Å²) in [5, 5.41) is 16.4. The Balaban J connectivity index is 1.57. The average Bonchev–Trinajstić information content (AvgIpc) is 3.25. The number of carbonyl (C=O) groups is 1. The van der Waals surface area contributed by atoms with E-state index in [1.165, 1.54) is 0 Å². The second-order valence-electron chi connectivity index (χ2n) is 9.77. The fourth-order valence-electron chi connectivity index (χ4n) is 5.61. The molecule has 5 rings (SSSR count). The van der Waals surface area contributed by atoms with Crippen molar-refractivity contribution in [3.8, 4) is 5.75 Å². The van der Waals surface area contributed by atoms with Gasteiger partial charge in [0.2, 0.25) is 0 Å². The highest BCUT2D eigenvalue weighted by molar-refractivity contribution is 6.32. The minimum atomic E-state index is -1.31. The van der Waals surface area contributed by atoms with Crippen LogP contribution in [0.1, 0.15) is 48.0 Å². The molecule has 3 aromatic carbocycles. The van der Waals surface area contributed by atoms with Crippen molar-refractivity contribution in [2.75, 3.05) is 17.2 Å². The van der Waals surface area contributed by atoms with E-state index in [0.29, 0.717) is 16.4 Å². The molecule has 0 aromatic heterocycles. The molecule has 3 aromatic rings. The van der Waals surface area contributed by atoms with Gasteiger partial charge in [-0.1, -0.05) is 54.6 Å². The molecule has 10 heteroatoms. The van der Waals surface area contributed by atoms with Gasteiger partial charge in [-0.05, 0) is 48.6 Å². The number of nitrogens with one attached hydrogen (secondary N) is 2. The third kappa shape index (κ3) is 4.99. The van der Waals surface area contributed by atoms with Gasteiger partial charge in [-0.2, -0.15) is 0 Å². The Bertz CT molecular complexity index is 1310. The Hall–Kier alpha value is -3.10. The minimum absolute atomic E-state index is 0.0185. The minimum Gasteiger partial charge on any atom is -0.488 e. The largest absolute Gasteiger partial charge is 0.488 e. The van der Waals surface area contributed by atoms with E-state index in [-0.39, 0.29) is 34.8 Å². The third-order valence-electron chi connectivity index (χ3n) is 7.45. The Morgan fingerprint density at radius 3 is 2.11 bits per heavy atom. The lowest BCUT2D eigenvalue weighted by molar-refractivity contribution is 0.0696. The van der Waals surface area contributed by atoms with Crippen molar-refractivity contribution in [2.24, 2.45) is 11.8 Å². The molecule has 1 atom stereocenters. The van der Waals surface area contributed by atoms with Crippen LogP contribution in [0, 0.1) is 29.3 Å². The summed E-state index contributed by atoms with van der Waals surface area (Å²) < 4.78 is 49.3. The molecule has 1 aliphatic carbocycles. The number of carboxylic acid groups (broad SMARTS) is 1. The molecular formula is C28H25Cl2F3N2O3. The number of aromatic carboxylic acids is 1. The van der Waals surface area contributed by atoms with Crippen LogP contribution in [0.4, 0.5) is 24.5 Å². The van der Waals surface area contributed by atoms with Crippen LogP contribution in [0.2, 0.25) is 10.0 Å². The summed E-state index contributed by atoms with van der Waals surface area (Å²) in [6, 6.07) is 11.3. The molecule has 0 spiro atoms. The number of rotatable bonds is 7. The number of ether oxygens (including phenoxy) is 1. The fraction of sp³-hybridized carbons (Fsp3) is 0.321. The van der Waals surface area contributed by atoms with Gasteiger partial charge >= 0.3 is 5.97 Å². The highest BCUT2D eigenvalue weighted by Gasteiger charge is 2.49. The number of hydrogen-bond donors (Lipinski definition) is 3. The molecule has 0 radical (unpaired) electrons. The van der Waals surface area contributed by atoms with Gasteiger partial charge in [0.15, 0.2) is 23.2 Å². The van der Waals surface area contributed by atoms with Gasteiger partial charge in [0.1, 0.15) is 5.66 Å². The molecule has 1 heterocycles. The molecule has 1 saturated carbocycles. The first-order valence-electron chi connectivity index (χ1n) is 12.3. The SMILES string of the molecule is O=C(O)c1cc(F)c(OCC(C2CCCCC2)C2(c3ccc(Cl)cc3)Nc3cc(F)c(F)cc3N2)c(Cl)c1. The molecule has 5 nitrogen and oxygen atoms in total. The molecular weight excluding hydrogens is 540 g/mol. The summed E-state index contributed by atoms with van der Waals surface area (Å²) in [6.07, 6.45) is 4.83. The quantitative estimate of drug-likeness (QED) is 0.270. The number of hydrogen-bond acceptors (Lipinski definition) is 4. The molecule has 3 N–H and O–H groups in total. The third-order valence-corrected chi connectivity index (χ3v) is 7.98. The standard InChI is InChI=1S/C28H25Cl2F3N2O3/c29-18-8-6-17(7-9-18)28(34-24-12-21(31)22(32)13-25(24)35-28)19(15-4-2-1-3-5-15)14-38-26-20(30)10-16(27(36)37)11-23(26)33/h6-13,15,19,34-35H,1-5,14H2,(H,36,37). The lowest BCUT2D eigenvalue weighted by Crippen LogP contribution is -2.51. The predicted molar refractivity (Wildman–Crippen MR) is 141 cm³/mol. The highest BCUT2D eigenvalue weighted by atomic mass is 35.5. The molecule has 38 heavy (non-hydrogen) atoms. The summed E-state index contributed by atoms with van der Waals surface area (Å²) in [5.74, 6) is -4.68. The zero-order valence-electron chi connectivity index (χ0n) is 20.2. The van der Waals surface area contributed by atoms with Gasteiger partial charge in [-0.3, -0.25) is 0 Å². The summed E-state index contributed by atoms with van der Waals surface area (Å²) >= 11 is 12.4. The first-order chi connectivity index (χ1) is 18.2. The zero-order valence-corrected chi connectivity index (χ0v) is 21.7. The molecule has 2 aliphatic rings. The molecule has 0 amide bonds. The molecule has 0 saturated heterocycles. The van der Waals surface area contributed by atoms with Crippen molar-refractivity contribution in [1.82, 2.24) is 0 Å². The lowest BCUT2D eigenvalue weighted by Gasteiger charge is -2.44. The Labute approximate surface area is 227 Å². The van der Waals surface area contributed by atoms with E-state index >= 15 is 0 Å². The van der Waals surface area contributed by atoms with Gasteiger partial charge in [-0.15, -0.1) is 0 Å². The van der Waals surface area contributed by atoms with Crippen molar-refractivity contribution in [3.05, 3.63) is 87.2 Å². The maximum absolute atomic E-state index is 14.9. The lowest BCUT2D eigenvalue weighted by atomic mass is 9.72. The number of carboxylic acids is 1. The molecule has 200 valence electrons. The normalized spacial score (nSPS) is 17.3. The van der Waals surface area contributed by atoms with E-state index in [1.807, 2.05) is 12.1 Å². The predicted octanol–water partition coefficient (Wildman–Crippen LogP) is 8.07. The topological polar surface area (TPSA) is 70.6 Å². The number of halogens is 5. The maximum atomic E-state index is 14.9. The van der Waals surface area contributed by atoms with Gasteiger partial charge < -0.3 is 20.5 Å². The van der Waals surface area contributed by atoms with Gasteiger partial charge in [0, 0.05) is 23.1 Å². The zero-order chi connectivity index (χ0) is 27.0. The van der Waals surface area contributed by atoms with Crippen molar-refractivity contribution < 1.29 is 27.8 Å². The fourth-order valence-corrected chi connectivity index (χ4v) is 6.00. The first kappa shape index (κ1) is 26.5. The van der Waals surface area contributed by atoms with Crippen LogP contribution >= 0.6 is 23.2 Å². The second-order valence-corrected chi connectivity index (χ2v) is 10.6. The molecule has 1 unspecified atom stereocenters. The smallest absolute Gasteiger partial charge is 0.335 e. The van der Waals surface area contributed by atoms with Gasteiger partial charge in [0.05, 0.1) is 28.6 Å². The first-order valence-corrected chi connectivity index (χ1v) is 13.1. The van der Waals surface area contributed by atoms with Crippen molar-refractivity contribution in [1.29, 1.82) is 0 Å². The van der Waals surface area contributed by atoms with E-state index in [0.717, 1.165) is 61.9 Å². The van der Waals surface area contributed by atoms with E-state index in [9.17, 15) is 23.1 Å². The molecule has 1 fully saturated rings. The maximum Gasteiger partial charge on any atom is 0.335 e. The monoisotopic (exact) mass is 564 g/mol. The summed E-state index contributed by atoms with van der Waals surface area (Å²) in [7, 11) is 0. The van der Waals surface area contributed by atoms with E-state index in [2.05, 4.69) is 10.6 Å². The highest BCUT2D eigenvalue weighted by Crippen LogP contribution is 2.49. The summed E-state index contributed by atoms with van der Waals surface area (Å²) in [5.41, 5.74) is 0.161. The van der Waals surface area contributed by atoms with Gasteiger partial charge in [0.25, 0.3) is 0 Å². The van der Waals surface area contributed by atoms with Crippen LogP contribution in [-0.2, 0) is 5.66 Å². The van der Waals surface area contributed by atoms with Crippen molar-refractivity contribution in [3.63, 3.8) is 0 Å². The number of anilines is 2. The van der Waals surface area contributed by atoms with Crippen molar-refractivity contribution in [2.45, 2.75) is 37.8 Å². The Morgan fingerprint density at radius 1 is 0.947 bits per heavy atom. The number of benzene rings is 3. The van der Waals surface area contributed by atoms with Crippen LogP contribution in [0.25, 0.3) is 0 Å². The van der Waals surface area contributed by atoms with Gasteiger partial charge in [-0.25, -0.2) is 18.0 Å². The second kappa shape index (κ2) is 10.6. The Morgan fingerprint density at radius 2 is 1.55 bits per heavy atom. The molecule has 0 bridgehead atoms. The Kier molecular flexibility index (Phi) is 7.38. The summed E-state index contributed by atoms with van der Waals surface area (Å²) in [4.78, 5) is 11.3. The van der Waals surface area contributed by atoms with Crippen molar-refractivity contribution >= 4 is 40.5 Å². The van der Waals surface area contributed by atoms with Crippen LogP contribution < -0.4 is 15.4 Å². The van der Waals surface area contributed by atoms with Crippen LogP contribution in [0.5, 0.6) is 5.75 Å². The number of fused-ring (bicyclic) bond motifs is 1. The van der Waals surface area contributed by atoms with E-state index in [1.54, 1.807) is 12.1 Å². The average molecular weight is 565 g/mol. The van der Waals surface area contributed by atoms with E-state index < -0.39 is 29.1 Å². The van der Waals surface area contributed by atoms with Crippen LogP contribution in [0.3, 0.4) is 0 Å². The van der Waals surface area contributed by atoms with Crippen LogP contribution in [0.15, 0.2) is 48.5 Å². The molecule has 1 aliphatic heterocycles. The van der Waals surface area contributed by atoms with E-state index in [4.69, 9.17) is 27.9 Å².